The molecule has 0 spiro atoms. The number of halogens is 1. The molecule has 3 nitrogen and oxygen atoms in total. The Bertz CT molecular complexity index is 577. The Labute approximate surface area is 117 Å². The average molecular weight is 277 g/mol. The van der Waals surface area contributed by atoms with Crippen LogP contribution in [0, 0.1) is 5.82 Å². The van der Waals surface area contributed by atoms with E-state index in [0.29, 0.717) is 12.1 Å². The van der Waals surface area contributed by atoms with Gasteiger partial charge in [-0.2, -0.15) is 0 Å². The quantitative estimate of drug-likeness (QED) is 0.569. The number of unbranched alkanes of at least 4 members (excludes halogenated alkanes) is 4. The smallest absolute Gasteiger partial charge is 0.179 e. The number of H-pyrrole nitrogens is 1. The van der Waals surface area contributed by atoms with Crippen molar-refractivity contribution in [3.05, 3.63) is 35.8 Å². The molecule has 2 N–H and O–H groups in total. The van der Waals surface area contributed by atoms with E-state index < -0.39 is 0 Å². The van der Waals surface area contributed by atoms with Gasteiger partial charge in [0.15, 0.2) is 5.78 Å². The van der Waals surface area contributed by atoms with Gasteiger partial charge in [-0.05, 0) is 37.1 Å². The number of fused-ring (bicyclic) bond motifs is 1. The highest BCUT2D eigenvalue weighted by molar-refractivity contribution is 5.99. The van der Waals surface area contributed by atoms with E-state index in [-0.39, 0.29) is 18.2 Å². The first-order valence-corrected chi connectivity index (χ1v) is 7.13. The molecule has 1 aromatic carbocycles. The molecule has 4 heteroatoms. The number of aliphatic hydroxyl groups is 1. The van der Waals surface area contributed by atoms with E-state index in [0.717, 1.165) is 43.0 Å². The Morgan fingerprint density at radius 3 is 2.65 bits per heavy atom. The van der Waals surface area contributed by atoms with E-state index in [2.05, 4.69) is 4.98 Å². The fraction of sp³-hybridized carbons (Fsp3) is 0.438. The number of Topliss-reactive ketones (excluding diaryl/α,β-unsaturated/α-hetero) is 1. The first kappa shape index (κ1) is 14.7. The standard InChI is InChI=1S/C16H20FNO2/c17-13-7-8-14-12(10-13)11-15(18-14)16(20)6-4-2-1-3-5-9-19/h7-8,10-11,18-19H,1-6,9H2. The molecule has 20 heavy (non-hydrogen) atoms. The van der Waals surface area contributed by atoms with Crippen LogP contribution >= 0.6 is 0 Å². The fourth-order valence-corrected chi connectivity index (χ4v) is 2.32. The maximum Gasteiger partial charge on any atom is 0.179 e. The zero-order chi connectivity index (χ0) is 14.4. The molecule has 0 fully saturated rings. The largest absolute Gasteiger partial charge is 0.396 e. The van der Waals surface area contributed by atoms with Gasteiger partial charge in [0.25, 0.3) is 0 Å². The Morgan fingerprint density at radius 1 is 1.10 bits per heavy atom. The van der Waals surface area contributed by atoms with Crippen molar-refractivity contribution in [3.8, 4) is 0 Å². The number of ketones is 1. The summed E-state index contributed by atoms with van der Waals surface area (Å²) in [6.07, 6.45) is 5.26. The van der Waals surface area contributed by atoms with Crippen molar-refractivity contribution in [3.63, 3.8) is 0 Å². The van der Waals surface area contributed by atoms with Gasteiger partial charge in [0, 0.05) is 23.9 Å². The van der Waals surface area contributed by atoms with Gasteiger partial charge in [-0.1, -0.05) is 19.3 Å². The monoisotopic (exact) mass is 277 g/mol. The Hall–Kier alpha value is -1.68. The number of carbonyl (C=O) groups is 1. The molecule has 0 saturated carbocycles. The second kappa shape index (κ2) is 7.20. The molecule has 0 aliphatic rings. The van der Waals surface area contributed by atoms with Crippen LogP contribution in [0.3, 0.4) is 0 Å². The summed E-state index contributed by atoms with van der Waals surface area (Å²) in [5, 5.41) is 9.40. The van der Waals surface area contributed by atoms with E-state index in [1.807, 2.05) is 0 Å². The molecule has 2 rings (SSSR count). The van der Waals surface area contributed by atoms with Gasteiger partial charge < -0.3 is 10.1 Å². The van der Waals surface area contributed by atoms with Gasteiger partial charge >= 0.3 is 0 Å². The number of carbonyl (C=O) groups excluding carboxylic acids is 1. The van der Waals surface area contributed by atoms with Gasteiger partial charge in [-0.15, -0.1) is 0 Å². The molecular weight excluding hydrogens is 257 g/mol. The first-order valence-electron chi connectivity index (χ1n) is 7.13. The van der Waals surface area contributed by atoms with Crippen molar-refractivity contribution in [1.29, 1.82) is 0 Å². The highest BCUT2D eigenvalue weighted by atomic mass is 19.1. The minimum Gasteiger partial charge on any atom is -0.396 e. The van der Waals surface area contributed by atoms with Crippen LogP contribution < -0.4 is 0 Å². The molecule has 0 aliphatic carbocycles. The lowest BCUT2D eigenvalue weighted by Gasteiger charge is -1.99. The maximum atomic E-state index is 13.1. The van der Waals surface area contributed by atoms with Crippen molar-refractivity contribution < 1.29 is 14.3 Å². The summed E-state index contributed by atoms with van der Waals surface area (Å²) in [6, 6.07) is 6.18. The average Bonchev–Trinajstić information content (AvgIpc) is 2.85. The third kappa shape index (κ3) is 3.90. The van der Waals surface area contributed by atoms with Crippen LogP contribution in [-0.4, -0.2) is 22.5 Å². The predicted molar refractivity (Wildman–Crippen MR) is 77.4 cm³/mol. The molecule has 0 saturated heterocycles. The molecule has 0 aliphatic heterocycles. The summed E-state index contributed by atoms with van der Waals surface area (Å²) in [4.78, 5) is 15.1. The molecule has 0 bridgehead atoms. The summed E-state index contributed by atoms with van der Waals surface area (Å²) in [5.74, 6) is -0.219. The molecule has 2 aromatic rings. The number of hydrogen-bond acceptors (Lipinski definition) is 2. The van der Waals surface area contributed by atoms with Gasteiger partial charge in [0.2, 0.25) is 0 Å². The van der Waals surface area contributed by atoms with Crippen LogP contribution in [0.15, 0.2) is 24.3 Å². The molecular formula is C16H20FNO2. The number of nitrogens with one attached hydrogen (secondary N) is 1. The first-order chi connectivity index (χ1) is 9.70. The van der Waals surface area contributed by atoms with Crippen LogP contribution in [0.4, 0.5) is 4.39 Å². The van der Waals surface area contributed by atoms with E-state index in [1.54, 1.807) is 12.1 Å². The van der Waals surface area contributed by atoms with Crippen molar-refractivity contribution in [2.75, 3.05) is 6.61 Å². The fourth-order valence-electron chi connectivity index (χ4n) is 2.32. The van der Waals surface area contributed by atoms with Gasteiger partial charge in [-0.3, -0.25) is 4.79 Å². The molecule has 108 valence electrons. The molecule has 1 aromatic heterocycles. The Balaban J connectivity index is 1.85. The lowest BCUT2D eigenvalue weighted by molar-refractivity contribution is 0.0975. The Morgan fingerprint density at radius 2 is 1.85 bits per heavy atom. The normalized spacial score (nSPS) is 11.1. The lowest BCUT2D eigenvalue weighted by Crippen LogP contribution is -1.99. The summed E-state index contributed by atoms with van der Waals surface area (Å²) in [7, 11) is 0. The lowest BCUT2D eigenvalue weighted by atomic mass is 10.1. The zero-order valence-corrected chi connectivity index (χ0v) is 11.5. The van der Waals surface area contributed by atoms with E-state index in [1.165, 1.54) is 12.1 Å². The van der Waals surface area contributed by atoms with Crippen LogP contribution in [-0.2, 0) is 0 Å². The summed E-state index contributed by atoms with van der Waals surface area (Å²) >= 11 is 0. The predicted octanol–water partition coefficient (Wildman–Crippen LogP) is 3.82. The third-order valence-corrected chi connectivity index (χ3v) is 3.45. The van der Waals surface area contributed by atoms with E-state index >= 15 is 0 Å². The number of aromatic nitrogens is 1. The SMILES string of the molecule is O=C(CCCCCCCO)c1cc2cc(F)ccc2[nH]1. The van der Waals surface area contributed by atoms with Gasteiger partial charge in [-0.25, -0.2) is 4.39 Å². The van der Waals surface area contributed by atoms with Gasteiger partial charge in [0.05, 0.1) is 5.69 Å². The number of aromatic amines is 1. The van der Waals surface area contributed by atoms with E-state index in [4.69, 9.17) is 5.11 Å². The van der Waals surface area contributed by atoms with Crippen molar-refractivity contribution in [2.24, 2.45) is 0 Å². The van der Waals surface area contributed by atoms with Gasteiger partial charge in [0.1, 0.15) is 5.82 Å². The number of benzene rings is 1. The number of rotatable bonds is 8. The minimum atomic E-state index is -0.292. The highest BCUT2D eigenvalue weighted by Crippen LogP contribution is 2.18. The minimum absolute atomic E-state index is 0.0729. The third-order valence-electron chi connectivity index (χ3n) is 3.45. The van der Waals surface area contributed by atoms with Crippen molar-refractivity contribution >= 4 is 16.7 Å². The zero-order valence-electron chi connectivity index (χ0n) is 11.5. The summed E-state index contributed by atoms with van der Waals surface area (Å²) in [6.45, 7) is 0.241. The molecule has 0 radical (unpaired) electrons. The van der Waals surface area contributed by atoms with Crippen molar-refractivity contribution in [2.45, 2.75) is 38.5 Å². The van der Waals surface area contributed by atoms with E-state index in [9.17, 15) is 9.18 Å². The topological polar surface area (TPSA) is 53.1 Å². The second-order valence-electron chi connectivity index (χ2n) is 5.08. The molecule has 0 unspecified atom stereocenters. The second-order valence-corrected chi connectivity index (χ2v) is 5.08. The number of hydrogen-bond donors (Lipinski definition) is 2. The van der Waals surface area contributed by atoms with Crippen LogP contribution in [0.5, 0.6) is 0 Å². The van der Waals surface area contributed by atoms with Crippen LogP contribution in [0.25, 0.3) is 10.9 Å². The maximum absolute atomic E-state index is 13.1. The highest BCUT2D eigenvalue weighted by Gasteiger charge is 2.09. The summed E-state index contributed by atoms with van der Waals surface area (Å²) < 4.78 is 13.1. The van der Waals surface area contributed by atoms with Crippen molar-refractivity contribution in [1.82, 2.24) is 4.98 Å². The summed E-state index contributed by atoms with van der Waals surface area (Å²) in [5.41, 5.74) is 1.35. The van der Waals surface area contributed by atoms with Crippen LogP contribution in [0.2, 0.25) is 0 Å². The molecule has 0 atom stereocenters. The van der Waals surface area contributed by atoms with Crippen LogP contribution in [0.1, 0.15) is 49.0 Å². The molecule has 0 amide bonds. The number of aliphatic hydroxyl groups excluding tert-OH is 1. The molecule has 1 heterocycles. The Kier molecular flexibility index (Phi) is 5.30.